The van der Waals surface area contributed by atoms with Gasteiger partial charge in [-0.05, 0) is 45.0 Å². The summed E-state index contributed by atoms with van der Waals surface area (Å²) in [6, 6.07) is 7.18. The van der Waals surface area contributed by atoms with E-state index in [1.807, 2.05) is 38.3 Å². The van der Waals surface area contributed by atoms with Crippen LogP contribution in [-0.4, -0.2) is 35.7 Å². The van der Waals surface area contributed by atoms with Crippen molar-refractivity contribution in [2.75, 3.05) is 19.8 Å². The van der Waals surface area contributed by atoms with Gasteiger partial charge in [-0.1, -0.05) is 0 Å². The number of nitrogens with one attached hydrogen (secondary N) is 1. The lowest BCUT2D eigenvalue weighted by atomic mass is 10.1. The van der Waals surface area contributed by atoms with E-state index in [1.54, 1.807) is 24.5 Å². The zero-order valence-electron chi connectivity index (χ0n) is 17.3. The normalized spacial score (nSPS) is 10.5. The van der Waals surface area contributed by atoms with Gasteiger partial charge < -0.3 is 19.5 Å². The molecule has 2 aromatic heterocycles. The van der Waals surface area contributed by atoms with Crippen LogP contribution >= 0.6 is 11.3 Å². The minimum Gasteiger partial charge on any atom is -0.490 e. The average molecular weight is 428 g/mol. The summed E-state index contributed by atoms with van der Waals surface area (Å²) < 4.78 is 17.0. The molecular weight excluding hydrogens is 402 g/mol. The highest BCUT2D eigenvalue weighted by Crippen LogP contribution is 2.39. The molecule has 0 saturated carbocycles. The summed E-state index contributed by atoms with van der Waals surface area (Å²) in [6.07, 6.45) is 3.49. The van der Waals surface area contributed by atoms with Gasteiger partial charge in [0.05, 0.1) is 32.1 Å². The first-order valence-electron chi connectivity index (χ1n) is 9.85. The molecule has 7 nitrogen and oxygen atoms in total. The number of hydrogen-bond acceptors (Lipinski definition) is 7. The van der Waals surface area contributed by atoms with Gasteiger partial charge >= 0.3 is 0 Å². The van der Waals surface area contributed by atoms with Crippen LogP contribution < -0.4 is 19.5 Å². The Morgan fingerprint density at radius 1 is 1.07 bits per heavy atom. The molecule has 0 unspecified atom stereocenters. The molecule has 0 saturated heterocycles. The van der Waals surface area contributed by atoms with Crippen molar-refractivity contribution in [2.24, 2.45) is 0 Å². The quantitative estimate of drug-likeness (QED) is 0.519. The standard InChI is InChI=1S/C22H25N3O4S/c1-4-27-18-10-16(11-19(28-5-2)20(18)29-6-3)21(26)24-13-17-14-30-22(25-17)15-8-7-9-23-12-15/h7-12,14H,4-6,13H2,1-3H3,(H,24,26). The third kappa shape index (κ3) is 5.27. The monoisotopic (exact) mass is 427 g/mol. The Kier molecular flexibility index (Phi) is 7.62. The number of rotatable bonds is 10. The number of benzene rings is 1. The summed E-state index contributed by atoms with van der Waals surface area (Å²) in [4.78, 5) is 21.5. The van der Waals surface area contributed by atoms with Crippen LogP contribution in [0.15, 0.2) is 42.0 Å². The van der Waals surface area contributed by atoms with Crippen LogP contribution in [0.3, 0.4) is 0 Å². The van der Waals surface area contributed by atoms with Crippen LogP contribution in [0.2, 0.25) is 0 Å². The second-order valence-corrected chi connectivity index (χ2v) is 7.03. The average Bonchev–Trinajstić information content (AvgIpc) is 3.24. The largest absolute Gasteiger partial charge is 0.490 e. The smallest absolute Gasteiger partial charge is 0.251 e. The van der Waals surface area contributed by atoms with Crippen LogP contribution in [0, 0.1) is 0 Å². The molecular formula is C22H25N3O4S. The number of ether oxygens (including phenoxy) is 3. The predicted molar refractivity (Wildman–Crippen MR) is 116 cm³/mol. The summed E-state index contributed by atoms with van der Waals surface area (Å²) >= 11 is 1.52. The molecule has 0 aliphatic carbocycles. The van der Waals surface area contributed by atoms with E-state index in [1.165, 1.54) is 11.3 Å². The van der Waals surface area contributed by atoms with Crippen molar-refractivity contribution in [3.05, 3.63) is 53.3 Å². The fraction of sp³-hybridized carbons (Fsp3) is 0.318. The molecule has 0 bridgehead atoms. The molecule has 158 valence electrons. The molecule has 3 rings (SSSR count). The maximum Gasteiger partial charge on any atom is 0.251 e. The zero-order valence-corrected chi connectivity index (χ0v) is 18.1. The number of hydrogen-bond donors (Lipinski definition) is 1. The van der Waals surface area contributed by atoms with Gasteiger partial charge in [0.1, 0.15) is 5.01 Å². The zero-order chi connectivity index (χ0) is 21.3. The number of thiazole rings is 1. The van der Waals surface area contributed by atoms with Crippen molar-refractivity contribution < 1.29 is 19.0 Å². The molecule has 0 spiro atoms. The fourth-order valence-electron chi connectivity index (χ4n) is 2.80. The second kappa shape index (κ2) is 10.6. The molecule has 1 amide bonds. The summed E-state index contributed by atoms with van der Waals surface area (Å²) in [7, 11) is 0. The molecule has 0 aliphatic heterocycles. The third-order valence-corrected chi connectivity index (χ3v) is 5.00. The Morgan fingerprint density at radius 2 is 1.77 bits per heavy atom. The van der Waals surface area contributed by atoms with Crippen molar-refractivity contribution in [2.45, 2.75) is 27.3 Å². The van der Waals surface area contributed by atoms with Crippen molar-refractivity contribution in [1.29, 1.82) is 0 Å². The van der Waals surface area contributed by atoms with Crippen LogP contribution in [-0.2, 0) is 6.54 Å². The highest BCUT2D eigenvalue weighted by molar-refractivity contribution is 7.13. The van der Waals surface area contributed by atoms with Crippen LogP contribution in [0.25, 0.3) is 10.6 Å². The van der Waals surface area contributed by atoms with E-state index in [9.17, 15) is 4.79 Å². The van der Waals surface area contributed by atoms with E-state index in [0.29, 0.717) is 49.2 Å². The minimum absolute atomic E-state index is 0.240. The van der Waals surface area contributed by atoms with Gasteiger partial charge in [-0.2, -0.15) is 0 Å². The van der Waals surface area contributed by atoms with Gasteiger partial charge in [0.25, 0.3) is 5.91 Å². The molecule has 0 radical (unpaired) electrons. The molecule has 2 heterocycles. The van der Waals surface area contributed by atoms with Gasteiger partial charge in [0.2, 0.25) is 5.75 Å². The first kappa shape index (κ1) is 21.6. The highest BCUT2D eigenvalue weighted by Gasteiger charge is 2.18. The van der Waals surface area contributed by atoms with E-state index < -0.39 is 0 Å². The lowest BCUT2D eigenvalue weighted by Gasteiger charge is -2.17. The first-order valence-corrected chi connectivity index (χ1v) is 10.7. The number of amides is 1. The molecule has 0 aliphatic rings. The highest BCUT2D eigenvalue weighted by atomic mass is 32.1. The summed E-state index contributed by atoms with van der Waals surface area (Å²) in [5.74, 6) is 1.25. The first-order chi connectivity index (χ1) is 14.7. The summed E-state index contributed by atoms with van der Waals surface area (Å²) in [6.45, 7) is 7.33. The van der Waals surface area contributed by atoms with E-state index in [-0.39, 0.29) is 5.91 Å². The van der Waals surface area contributed by atoms with Gasteiger partial charge in [-0.15, -0.1) is 11.3 Å². The Balaban J connectivity index is 1.75. The lowest BCUT2D eigenvalue weighted by molar-refractivity contribution is 0.0949. The molecule has 30 heavy (non-hydrogen) atoms. The van der Waals surface area contributed by atoms with Crippen LogP contribution in [0.4, 0.5) is 0 Å². The third-order valence-electron chi connectivity index (χ3n) is 4.06. The number of pyridine rings is 1. The SMILES string of the molecule is CCOc1cc(C(=O)NCc2csc(-c3cccnc3)n2)cc(OCC)c1OCC. The Morgan fingerprint density at radius 3 is 2.37 bits per heavy atom. The van der Waals surface area contributed by atoms with Crippen molar-refractivity contribution in [3.8, 4) is 27.8 Å². The van der Waals surface area contributed by atoms with Crippen molar-refractivity contribution in [1.82, 2.24) is 15.3 Å². The molecule has 0 fully saturated rings. The lowest BCUT2D eigenvalue weighted by Crippen LogP contribution is -2.23. The number of carbonyl (C=O) groups excluding carboxylic acids is 1. The molecule has 0 atom stereocenters. The maximum atomic E-state index is 12.8. The molecule has 3 aromatic rings. The van der Waals surface area contributed by atoms with Crippen LogP contribution in [0.5, 0.6) is 17.2 Å². The summed E-state index contributed by atoms with van der Waals surface area (Å²) in [5.41, 5.74) is 2.18. The fourth-order valence-corrected chi connectivity index (χ4v) is 3.61. The van der Waals surface area contributed by atoms with Crippen molar-refractivity contribution >= 4 is 17.2 Å². The number of carbonyl (C=O) groups is 1. The van der Waals surface area contributed by atoms with E-state index in [2.05, 4.69) is 15.3 Å². The number of nitrogens with zero attached hydrogens (tertiary/aromatic N) is 2. The molecule has 8 heteroatoms. The molecule has 1 N–H and O–H groups in total. The van der Waals surface area contributed by atoms with Crippen LogP contribution in [0.1, 0.15) is 36.8 Å². The van der Waals surface area contributed by atoms with Gasteiger partial charge in [0.15, 0.2) is 11.5 Å². The Bertz CT molecular complexity index is 949. The van der Waals surface area contributed by atoms with E-state index in [0.717, 1.165) is 16.3 Å². The van der Waals surface area contributed by atoms with E-state index in [4.69, 9.17) is 14.2 Å². The van der Waals surface area contributed by atoms with E-state index >= 15 is 0 Å². The predicted octanol–water partition coefficient (Wildman–Crippen LogP) is 4.33. The summed E-state index contributed by atoms with van der Waals surface area (Å²) in [5, 5.41) is 5.70. The minimum atomic E-state index is -0.240. The second-order valence-electron chi connectivity index (χ2n) is 6.17. The molecule has 1 aromatic carbocycles. The Labute approximate surface area is 180 Å². The number of aromatic nitrogens is 2. The van der Waals surface area contributed by atoms with Gasteiger partial charge in [0, 0.05) is 28.9 Å². The maximum absolute atomic E-state index is 12.8. The van der Waals surface area contributed by atoms with Crippen molar-refractivity contribution in [3.63, 3.8) is 0 Å². The Hall–Kier alpha value is -3.13. The topological polar surface area (TPSA) is 82.6 Å². The van der Waals surface area contributed by atoms with Gasteiger partial charge in [-0.25, -0.2) is 4.98 Å². The van der Waals surface area contributed by atoms with Gasteiger partial charge in [-0.3, -0.25) is 9.78 Å².